The molecule has 0 saturated carbocycles. The van der Waals surface area contributed by atoms with E-state index < -0.39 is 10.8 Å². The molecule has 0 saturated heterocycles. The average molecular weight is 451 g/mol. The van der Waals surface area contributed by atoms with Crippen LogP contribution in [0.4, 0.5) is 5.69 Å². The van der Waals surface area contributed by atoms with Crippen LogP contribution in [0.3, 0.4) is 0 Å². The first-order chi connectivity index (χ1) is 16.5. The molecule has 0 radical (unpaired) electrons. The van der Waals surface area contributed by atoms with Gasteiger partial charge in [0.1, 0.15) is 0 Å². The second-order valence-electron chi connectivity index (χ2n) is 7.73. The number of nitro groups is 1. The van der Waals surface area contributed by atoms with Crippen molar-refractivity contribution in [2.75, 3.05) is 0 Å². The van der Waals surface area contributed by atoms with Gasteiger partial charge in [-0.05, 0) is 24.6 Å². The summed E-state index contributed by atoms with van der Waals surface area (Å²) in [6, 6.07) is 23.7. The van der Waals surface area contributed by atoms with E-state index in [-0.39, 0.29) is 12.1 Å². The maximum atomic E-state index is 12.4. The Morgan fingerprint density at radius 1 is 1.09 bits per heavy atom. The Morgan fingerprint density at radius 2 is 1.76 bits per heavy atom. The van der Waals surface area contributed by atoms with E-state index in [2.05, 4.69) is 21.2 Å². The molecular formula is C26H21N5O3. The van der Waals surface area contributed by atoms with E-state index in [9.17, 15) is 20.2 Å². The van der Waals surface area contributed by atoms with E-state index in [0.29, 0.717) is 17.7 Å². The second kappa shape index (κ2) is 9.79. The number of nitrogens with zero attached hydrogens (tertiary/aromatic N) is 4. The van der Waals surface area contributed by atoms with Crippen molar-refractivity contribution >= 4 is 28.7 Å². The minimum atomic E-state index is -0.505. The van der Waals surface area contributed by atoms with Crippen molar-refractivity contribution in [1.82, 2.24) is 9.99 Å². The van der Waals surface area contributed by atoms with E-state index in [1.54, 1.807) is 30.5 Å². The van der Waals surface area contributed by atoms with Crippen LogP contribution in [0.5, 0.6) is 0 Å². The molecule has 0 aliphatic heterocycles. The van der Waals surface area contributed by atoms with Crippen LogP contribution in [0.25, 0.3) is 10.9 Å². The maximum Gasteiger partial charge on any atom is 0.273 e. The van der Waals surface area contributed by atoms with Gasteiger partial charge in [0.25, 0.3) is 5.69 Å². The quantitative estimate of drug-likeness (QED) is 0.254. The van der Waals surface area contributed by atoms with Crippen LogP contribution in [-0.4, -0.2) is 21.6 Å². The highest BCUT2D eigenvalue weighted by atomic mass is 16.6. The van der Waals surface area contributed by atoms with Gasteiger partial charge in [-0.25, -0.2) is 5.43 Å². The van der Waals surface area contributed by atoms with Gasteiger partial charge >= 0.3 is 0 Å². The fourth-order valence-electron chi connectivity index (χ4n) is 3.98. The van der Waals surface area contributed by atoms with Gasteiger partial charge in [0.05, 0.1) is 29.2 Å². The Balaban J connectivity index is 1.58. The summed E-state index contributed by atoms with van der Waals surface area (Å²) in [5.41, 5.74) is 7.00. The summed E-state index contributed by atoms with van der Waals surface area (Å²) in [4.78, 5) is 23.0. The zero-order valence-corrected chi connectivity index (χ0v) is 18.4. The average Bonchev–Trinajstić information content (AvgIpc) is 3.10. The fourth-order valence-corrected chi connectivity index (χ4v) is 3.98. The molecule has 0 atom stereocenters. The van der Waals surface area contributed by atoms with Gasteiger partial charge in [-0.15, -0.1) is 0 Å². The lowest BCUT2D eigenvalue weighted by atomic mass is 10.1. The van der Waals surface area contributed by atoms with Gasteiger partial charge in [-0.1, -0.05) is 54.6 Å². The number of rotatable bonds is 7. The molecule has 0 unspecified atom stereocenters. The van der Waals surface area contributed by atoms with Gasteiger partial charge in [0, 0.05) is 40.3 Å². The zero-order valence-electron chi connectivity index (χ0n) is 18.4. The van der Waals surface area contributed by atoms with Crippen molar-refractivity contribution < 1.29 is 9.72 Å². The number of para-hydroxylation sites is 2. The number of nitrogens with one attached hydrogen (secondary N) is 1. The summed E-state index contributed by atoms with van der Waals surface area (Å²) in [6.45, 7) is 2.49. The number of aromatic nitrogens is 1. The lowest BCUT2D eigenvalue weighted by Crippen LogP contribution is -2.20. The van der Waals surface area contributed by atoms with Crippen LogP contribution in [0, 0.1) is 28.4 Å². The van der Waals surface area contributed by atoms with Crippen LogP contribution in [0.2, 0.25) is 0 Å². The molecule has 168 valence electrons. The number of amides is 1. The van der Waals surface area contributed by atoms with E-state index in [1.807, 2.05) is 49.4 Å². The molecule has 0 spiro atoms. The Kier molecular flexibility index (Phi) is 6.46. The number of benzene rings is 3. The van der Waals surface area contributed by atoms with Crippen molar-refractivity contribution in [1.29, 1.82) is 5.26 Å². The van der Waals surface area contributed by atoms with E-state index in [4.69, 9.17) is 0 Å². The molecule has 0 fully saturated rings. The number of nitro benzene ring substituents is 1. The Bertz CT molecular complexity index is 1460. The highest BCUT2D eigenvalue weighted by Crippen LogP contribution is 2.26. The van der Waals surface area contributed by atoms with Gasteiger partial charge in [-0.3, -0.25) is 14.9 Å². The first-order valence-corrected chi connectivity index (χ1v) is 10.6. The highest BCUT2D eigenvalue weighted by Gasteiger charge is 2.16. The number of nitriles is 1. The minimum absolute atomic E-state index is 0.0989. The number of hydrogen-bond donors (Lipinski definition) is 1. The lowest BCUT2D eigenvalue weighted by Gasteiger charge is -2.10. The van der Waals surface area contributed by atoms with Gasteiger partial charge in [-0.2, -0.15) is 10.4 Å². The van der Waals surface area contributed by atoms with Crippen molar-refractivity contribution in [3.63, 3.8) is 0 Å². The van der Waals surface area contributed by atoms with E-state index in [1.165, 1.54) is 6.07 Å². The number of carbonyl (C=O) groups excluding carboxylic acids is 1. The first kappa shape index (κ1) is 22.4. The molecule has 34 heavy (non-hydrogen) atoms. The molecule has 8 nitrogen and oxygen atoms in total. The van der Waals surface area contributed by atoms with Crippen molar-refractivity contribution in [3.8, 4) is 6.07 Å². The molecule has 1 amide bonds. The molecule has 0 aliphatic rings. The molecule has 1 heterocycles. The zero-order chi connectivity index (χ0) is 24.1. The third-order valence-electron chi connectivity index (χ3n) is 5.67. The summed E-state index contributed by atoms with van der Waals surface area (Å²) in [5.74, 6) is -0.449. The number of hydrogen-bond acceptors (Lipinski definition) is 5. The number of hydrazone groups is 1. The maximum absolute atomic E-state index is 12.4. The number of fused-ring (bicyclic) bond motifs is 1. The summed E-state index contributed by atoms with van der Waals surface area (Å²) >= 11 is 0. The molecule has 4 rings (SSSR count). The lowest BCUT2D eigenvalue weighted by molar-refractivity contribution is -0.385. The summed E-state index contributed by atoms with van der Waals surface area (Å²) in [6.07, 6.45) is 1.43. The molecule has 1 N–H and O–H groups in total. The molecule has 0 bridgehead atoms. The number of carbonyl (C=O) groups is 1. The van der Waals surface area contributed by atoms with Crippen LogP contribution < -0.4 is 5.43 Å². The van der Waals surface area contributed by atoms with Crippen LogP contribution >= 0.6 is 0 Å². The molecule has 4 aromatic rings. The van der Waals surface area contributed by atoms with Crippen molar-refractivity contribution in [2.24, 2.45) is 5.10 Å². The third kappa shape index (κ3) is 4.54. The predicted octanol–water partition coefficient (Wildman–Crippen LogP) is 4.47. The smallest absolute Gasteiger partial charge is 0.273 e. The fraction of sp³-hybridized carbons (Fsp3) is 0.115. The Labute approximate surface area is 195 Å². The third-order valence-corrected chi connectivity index (χ3v) is 5.67. The van der Waals surface area contributed by atoms with Gasteiger partial charge < -0.3 is 4.57 Å². The van der Waals surface area contributed by atoms with Crippen molar-refractivity contribution in [3.05, 3.63) is 111 Å². The highest BCUT2D eigenvalue weighted by molar-refractivity contribution is 6.01. The monoisotopic (exact) mass is 451 g/mol. The first-order valence-electron chi connectivity index (χ1n) is 10.6. The standard InChI is InChI=1S/C26H21N5O3/c1-18-23(16-28-29-26(32)14-19-8-4-6-12-24(19)31(33)34)22-11-5-7-13-25(22)30(18)17-21-10-3-2-9-20(21)15-27/h2-13,16H,14,17H2,1H3,(H,29,32). The molecule has 3 aromatic carbocycles. The van der Waals surface area contributed by atoms with Crippen molar-refractivity contribution in [2.45, 2.75) is 19.9 Å². The van der Waals surface area contributed by atoms with Crippen LogP contribution in [0.1, 0.15) is 27.9 Å². The van der Waals surface area contributed by atoms with E-state index in [0.717, 1.165) is 27.7 Å². The normalized spacial score (nSPS) is 10.9. The van der Waals surface area contributed by atoms with Gasteiger partial charge in [0.2, 0.25) is 5.91 Å². The topological polar surface area (TPSA) is 113 Å². The molecule has 1 aromatic heterocycles. The largest absolute Gasteiger partial charge is 0.340 e. The molecular weight excluding hydrogens is 430 g/mol. The summed E-state index contributed by atoms with van der Waals surface area (Å²) in [5, 5.41) is 25.7. The molecule has 8 heteroatoms. The Hall–Kier alpha value is -4.77. The van der Waals surface area contributed by atoms with Crippen LogP contribution in [0.15, 0.2) is 77.9 Å². The van der Waals surface area contributed by atoms with Gasteiger partial charge in [0.15, 0.2) is 0 Å². The SMILES string of the molecule is Cc1c(C=NNC(=O)Cc2ccccc2[N+](=O)[O-])c2ccccc2n1Cc1ccccc1C#N. The Morgan fingerprint density at radius 3 is 2.53 bits per heavy atom. The second-order valence-corrected chi connectivity index (χ2v) is 7.73. The van der Waals surface area contributed by atoms with Crippen LogP contribution in [-0.2, 0) is 17.8 Å². The summed E-state index contributed by atoms with van der Waals surface area (Å²) < 4.78 is 2.11. The summed E-state index contributed by atoms with van der Waals surface area (Å²) in [7, 11) is 0. The molecule has 0 aliphatic carbocycles. The minimum Gasteiger partial charge on any atom is -0.340 e. The van der Waals surface area contributed by atoms with E-state index >= 15 is 0 Å². The predicted molar refractivity (Wildman–Crippen MR) is 129 cm³/mol.